The summed E-state index contributed by atoms with van der Waals surface area (Å²) in [5.41, 5.74) is 0. The van der Waals surface area contributed by atoms with Gasteiger partial charge in [0.1, 0.15) is 0 Å². The molecule has 0 saturated carbocycles. The molecule has 0 nitrogen and oxygen atoms in total. The van der Waals surface area contributed by atoms with Gasteiger partial charge in [0, 0.05) is 400 Å². The van der Waals surface area contributed by atoms with Gasteiger partial charge in [0.2, 0.25) is 0 Å². The summed E-state index contributed by atoms with van der Waals surface area (Å²) in [6.07, 6.45) is 0. The van der Waals surface area contributed by atoms with Gasteiger partial charge in [0.25, 0.3) is 0 Å². The average molecular weight is 3490 g/mol. The fourth-order valence-corrected chi connectivity index (χ4v) is 0. The molecule has 0 fully saturated rings. The molecule has 19 heteroatoms. The maximum absolute atomic E-state index is 0. The SMILES string of the molecule is [W].[W].[W].[W].[W].[W].[W].[W].[W].[W].[W].[W].[W].[W].[W].[W].[W].[W].[W]. The molecule has 0 aliphatic heterocycles. The Morgan fingerprint density at radius 2 is 0.0526 bits per heavy atom. The van der Waals surface area contributed by atoms with Crippen molar-refractivity contribution in [2.24, 2.45) is 0 Å². The molecule has 0 aromatic rings. The molecule has 0 heterocycles. The van der Waals surface area contributed by atoms with E-state index >= 15 is 0 Å². The van der Waals surface area contributed by atoms with Crippen LogP contribution in [0.25, 0.3) is 0 Å². The molecule has 0 unspecified atom stereocenters. The minimum atomic E-state index is 0. The number of hydrogen-bond acceptors (Lipinski definition) is 0. The van der Waals surface area contributed by atoms with Crippen LogP contribution in [0.1, 0.15) is 0 Å². The summed E-state index contributed by atoms with van der Waals surface area (Å²) in [5, 5.41) is 0. The second kappa shape index (κ2) is 164. The zero-order valence-electron chi connectivity index (χ0n) is 7.76. The predicted octanol–water partition coefficient (Wildman–Crippen LogP) is -0.0475. The van der Waals surface area contributed by atoms with Gasteiger partial charge in [-0.15, -0.1) is 0 Å². The van der Waals surface area contributed by atoms with Crippen molar-refractivity contribution in [2.75, 3.05) is 0 Å². The quantitative estimate of drug-likeness (QED) is 0.320. The molecular weight excluding hydrogens is 3490 g/mol. The maximum atomic E-state index is 0. The fraction of sp³-hybridized carbons (Fsp3) is 0. The van der Waals surface area contributed by atoms with E-state index in [0.717, 1.165) is 0 Å². The van der Waals surface area contributed by atoms with Crippen LogP contribution in [0.4, 0.5) is 0 Å². The smallest absolute Gasteiger partial charge is 0 e. The van der Waals surface area contributed by atoms with Gasteiger partial charge < -0.3 is 0 Å². The van der Waals surface area contributed by atoms with Crippen LogP contribution in [0.5, 0.6) is 0 Å². The van der Waals surface area contributed by atoms with Gasteiger partial charge in [0.05, 0.1) is 0 Å². The second-order valence-corrected chi connectivity index (χ2v) is 0. The normalized spacial score (nSPS) is 0. The Kier molecular flexibility index (Phi) is 1570. The van der Waals surface area contributed by atoms with Crippen LogP contribution < -0.4 is 0 Å². The summed E-state index contributed by atoms with van der Waals surface area (Å²) in [7, 11) is 0. The van der Waals surface area contributed by atoms with Crippen molar-refractivity contribution in [3.05, 3.63) is 0 Å². The summed E-state index contributed by atoms with van der Waals surface area (Å²) in [6.45, 7) is 0. The van der Waals surface area contributed by atoms with E-state index < -0.39 is 0 Å². The van der Waals surface area contributed by atoms with Crippen LogP contribution in [0.15, 0.2) is 0 Å². The monoisotopic (exact) mass is 3500 g/mol. The van der Waals surface area contributed by atoms with Crippen molar-refractivity contribution in [2.45, 2.75) is 0 Å². The zero-order valence-corrected chi connectivity index (χ0v) is 63.5. The van der Waals surface area contributed by atoms with Crippen molar-refractivity contribution < 1.29 is 400 Å². The third-order valence-corrected chi connectivity index (χ3v) is 0. The second-order valence-electron chi connectivity index (χ2n) is 0. The van der Waals surface area contributed by atoms with Crippen LogP contribution in [-0.2, 0) is 400 Å². The first kappa shape index (κ1) is 181. The zero-order chi connectivity index (χ0) is 0. The first-order valence-corrected chi connectivity index (χ1v) is 0. The minimum absolute atomic E-state index is 0. The molecular formula is W19. The molecule has 0 N–H and O–H groups in total. The standard InChI is InChI=1S/19W. The molecule has 0 bridgehead atoms. The Morgan fingerprint density at radius 1 is 0.0526 bits per heavy atom. The van der Waals surface area contributed by atoms with E-state index in [4.69, 9.17) is 0 Å². The van der Waals surface area contributed by atoms with Crippen molar-refractivity contribution in [3.8, 4) is 0 Å². The van der Waals surface area contributed by atoms with E-state index in [0.29, 0.717) is 0 Å². The Balaban J connectivity index is 0. The fourth-order valence-electron chi connectivity index (χ4n) is 0. The van der Waals surface area contributed by atoms with Gasteiger partial charge in [0.15, 0.2) is 0 Å². The van der Waals surface area contributed by atoms with Crippen molar-refractivity contribution >= 4 is 0 Å². The molecule has 0 aliphatic rings. The van der Waals surface area contributed by atoms with Crippen LogP contribution in [0.3, 0.4) is 0 Å². The molecule has 19 heavy (non-hydrogen) atoms. The Morgan fingerprint density at radius 3 is 0.0526 bits per heavy atom. The maximum Gasteiger partial charge on any atom is 0 e. The predicted molar refractivity (Wildman–Crippen MR) is 0 cm³/mol. The molecule has 0 amide bonds. The minimum Gasteiger partial charge on any atom is 0 e. The van der Waals surface area contributed by atoms with Gasteiger partial charge in [-0.3, -0.25) is 0 Å². The number of hydrogen-bond donors (Lipinski definition) is 0. The topological polar surface area (TPSA) is 0 Å². The first-order valence-electron chi connectivity index (χ1n) is 0. The first-order chi connectivity index (χ1) is 0. The molecule has 0 spiro atoms. The molecule has 0 saturated heterocycles. The van der Waals surface area contributed by atoms with E-state index in [-0.39, 0.29) is 400 Å². The van der Waals surface area contributed by atoms with Crippen LogP contribution >= 0.6 is 0 Å². The molecule has 0 aliphatic carbocycles. The molecule has 0 radical (unpaired) electrons. The van der Waals surface area contributed by atoms with Gasteiger partial charge in [-0.25, -0.2) is 0 Å². The summed E-state index contributed by atoms with van der Waals surface area (Å²) in [5.74, 6) is 0. The van der Waals surface area contributed by atoms with E-state index in [2.05, 4.69) is 0 Å². The van der Waals surface area contributed by atoms with Gasteiger partial charge in [-0.05, 0) is 0 Å². The van der Waals surface area contributed by atoms with Crippen molar-refractivity contribution in [1.82, 2.24) is 0 Å². The summed E-state index contributed by atoms with van der Waals surface area (Å²) in [4.78, 5) is 0. The Bertz CT molecular complexity index is 0. The molecule has 0 aromatic carbocycles. The third kappa shape index (κ3) is 154. The van der Waals surface area contributed by atoms with E-state index in [1.807, 2.05) is 0 Å². The summed E-state index contributed by atoms with van der Waals surface area (Å²) in [6, 6.07) is 0. The average Bonchev–Trinajstić information content (AvgIpc) is 0. The van der Waals surface area contributed by atoms with Crippen LogP contribution in [0, 0.1) is 0 Å². The van der Waals surface area contributed by atoms with Gasteiger partial charge >= 0.3 is 0 Å². The molecule has 114 valence electrons. The summed E-state index contributed by atoms with van der Waals surface area (Å²) < 4.78 is 0. The number of rotatable bonds is 0. The molecule has 0 rings (SSSR count). The van der Waals surface area contributed by atoms with E-state index in [9.17, 15) is 0 Å². The molecule has 0 atom stereocenters. The van der Waals surface area contributed by atoms with Crippen LogP contribution in [-0.4, -0.2) is 0 Å². The third-order valence-electron chi connectivity index (χ3n) is 0. The Hall–Kier alpha value is 13.1. The molecule has 0 aromatic heterocycles. The van der Waals surface area contributed by atoms with Crippen LogP contribution in [0.2, 0.25) is 0 Å². The summed E-state index contributed by atoms with van der Waals surface area (Å²) >= 11 is 0. The van der Waals surface area contributed by atoms with E-state index in [1.165, 1.54) is 0 Å². The largest absolute Gasteiger partial charge is 0 e. The van der Waals surface area contributed by atoms with E-state index in [1.54, 1.807) is 0 Å². The van der Waals surface area contributed by atoms with Gasteiger partial charge in [-0.1, -0.05) is 0 Å². The Labute approximate surface area is 389 Å². The van der Waals surface area contributed by atoms with Crippen molar-refractivity contribution in [3.63, 3.8) is 0 Å². The van der Waals surface area contributed by atoms with Crippen molar-refractivity contribution in [1.29, 1.82) is 0 Å². The van der Waals surface area contributed by atoms with Gasteiger partial charge in [-0.2, -0.15) is 0 Å².